The summed E-state index contributed by atoms with van der Waals surface area (Å²) >= 11 is 0. The number of hydrogen-bond donors (Lipinski definition) is 1. The monoisotopic (exact) mass is 219 g/mol. The van der Waals surface area contributed by atoms with Gasteiger partial charge in [-0.3, -0.25) is 0 Å². The van der Waals surface area contributed by atoms with Crippen LogP contribution in [-0.2, 0) is 12.0 Å². The number of hydrogen-bond acceptors (Lipinski definition) is 2. The Bertz CT molecular complexity index is 384. The van der Waals surface area contributed by atoms with Crippen molar-refractivity contribution in [3.05, 3.63) is 29.3 Å². The zero-order valence-corrected chi connectivity index (χ0v) is 10.4. The van der Waals surface area contributed by atoms with E-state index >= 15 is 0 Å². The molecule has 0 aromatic heterocycles. The highest BCUT2D eigenvalue weighted by atomic mass is 16.5. The molecule has 0 radical (unpaired) electrons. The smallest absolute Gasteiger partial charge is 0.127 e. The van der Waals surface area contributed by atoms with E-state index in [9.17, 15) is 0 Å². The maximum absolute atomic E-state index is 6.49. The van der Waals surface area contributed by atoms with Crippen molar-refractivity contribution in [2.75, 3.05) is 6.61 Å². The molecule has 2 heteroatoms. The second-order valence-electron chi connectivity index (χ2n) is 4.98. The van der Waals surface area contributed by atoms with Crippen LogP contribution in [0.4, 0.5) is 0 Å². The van der Waals surface area contributed by atoms with Gasteiger partial charge in [-0.05, 0) is 18.4 Å². The highest BCUT2D eigenvalue weighted by Crippen LogP contribution is 2.39. The Morgan fingerprint density at radius 1 is 1.50 bits per heavy atom. The molecule has 1 aliphatic heterocycles. The highest BCUT2D eigenvalue weighted by Gasteiger charge is 2.32. The third kappa shape index (κ3) is 1.71. The van der Waals surface area contributed by atoms with E-state index in [1.807, 2.05) is 0 Å². The molecule has 0 saturated carbocycles. The van der Waals surface area contributed by atoms with E-state index in [0.29, 0.717) is 5.92 Å². The van der Waals surface area contributed by atoms with Crippen molar-refractivity contribution in [1.82, 2.24) is 0 Å². The van der Waals surface area contributed by atoms with Gasteiger partial charge in [0.2, 0.25) is 0 Å². The Labute approximate surface area is 97.8 Å². The fourth-order valence-electron chi connectivity index (χ4n) is 2.33. The minimum atomic E-state index is -0.301. The molecular formula is C14H21NO. The number of fused-ring (bicyclic) bond motifs is 1. The molecule has 0 spiro atoms. The van der Waals surface area contributed by atoms with Gasteiger partial charge in [-0.25, -0.2) is 0 Å². The van der Waals surface area contributed by atoms with Crippen LogP contribution in [0.15, 0.2) is 18.2 Å². The van der Waals surface area contributed by atoms with Crippen LogP contribution in [0.25, 0.3) is 0 Å². The summed E-state index contributed by atoms with van der Waals surface area (Å²) in [6, 6.07) is 6.34. The summed E-state index contributed by atoms with van der Waals surface area (Å²) in [5.74, 6) is 1.48. The number of ether oxygens (including phenoxy) is 1. The van der Waals surface area contributed by atoms with Crippen molar-refractivity contribution in [2.45, 2.75) is 39.2 Å². The average molecular weight is 219 g/mol. The minimum Gasteiger partial charge on any atom is -0.493 e. The molecule has 2 atom stereocenters. The van der Waals surface area contributed by atoms with E-state index in [2.05, 4.69) is 39.0 Å². The van der Waals surface area contributed by atoms with Gasteiger partial charge in [-0.1, -0.05) is 38.5 Å². The second kappa shape index (κ2) is 4.10. The van der Waals surface area contributed by atoms with E-state index < -0.39 is 0 Å². The molecule has 2 rings (SSSR count). The van der Waals surface area contributed by atoms with Crippen molar-refractivity contribution < 1.29 is 4.74 Å². The van der Waals surface area contributed by atoms with Gasteiger partial charge in [-0.2, -0.15) is 0 Å². The quantitative estimate of drug-likeness (QED) is 0.848. The van der Waals surface area contributed by atoms with Crippen molar-refractivity contribution in [2.24, 2.45) is 11.7 Å². The fourth-order valence-corrected chi connectivity index (χ4v) is 2.33. The third-order valence-electron chi connectivity index (χ3n) is 3.93. The Balaban J connectivity index is 2.44. The summed E-state index contributed by atoms with van der Waals surface area (Å²) in [5.41, 5.74) is 8.65. The molecule has 1 aromatic rings. The van der Waals surface area contributed by atoms with E-state index in [0.717, 1.165) is 30.8 Å². The SMILES string of the molecule is CCC(C)C(C)(N)c1cccc2c1OCC2. The van der Waals surface area contributed by atoms with E-state index in [1.165, 1.54) is 5.56 Å². The molecule has 1 aliphatic rings. The lowest BCUT2D eigenvalue weighted by atomic mass is 9.79. The molecule has 0 fully saturated rings. The van der Waals surface area contributed by atoms with Crippen molar-refractivity contribution >= 4 is 0 Å². The maximum Gasteiger partial charge on any atom is 0.127 e. The van der Waals surface area contributed by atoms with Crippen LogP contribution in [0.5, 0.6) is 5.75 Å². The average Bonchev–Trinajstić information content (AvgIpc) is 2.75. The molecular weight excluding hydrogens is 198 g/mol. The molecule has 16 heavy (non-hydrogen) atoms. The summed E-state index contributed by atoms with van der Waals surface area (Å²) in [5, 5.41) is 0. The Morgan fingerprint density at radius 3 is 2.94 bits per heavy atom. The fraction of sp³-hybridized carbons (Fsp3) is 0.571. The number of benzene rings is 1. The van der Waals surface area contributed by atoms with Crippen LogP contribution in [0.2, 0.25) is 0 Å². The maximum atomic E-state index is 6.49. The molecule has 0 aliphatic carbocycles. The van der Waals surface area contributed by atoms with Gasteiger partial charge in [0, 0.05) is 17.5 Å². The first-order valence-electron chi connectivity index (χ1n) is 6.11. The van der Waals surface area contributed by atoms with E-state index in [4.69, 9.17) is 10.5 Å². The van der Waals surface area contributed by atoms with Crippen LogP contribution < -0.4 is 10.5 Å². The topological polar surface area (TPSA) is 35.2 Å². The number of para-hydroxylation sites is 1. The van der Waals surface area contributed by atoms with Gasteiger partial charge >= 0.3 is 0 Å². The zero-order chi connectivity index (χ0) is 11.8. The van der Waals surface area contributed by atoms with Crippen molar-refractivity contribution in [1.29, 1.82) is 0 Å². The summed E-state index contributed by atoms with van der Waals surface area (Å²) in [7, 11) is 0. The first-order valence-corrected chi connectivity index (χ1v) is 6.11. The Kier molecular flexibility index (Phi) is 2.94. The predicted molar refractivity (Wildman–Crippen MR) is 66.6 cm³/mol. The molecule has 2 N–H and O–H groups in total. The molecule has 1 aromatic carbocycles. The number of nitrogens with two attached hydrogens (primary N) is 1. The van der Waals surface area contributed by atoms with Gasteiger partial charge in [0.15, 0.2) is 0 Å². The first kappa shape index (κ1) is 11.5. The summed E-state index contributed by atoms with van der Waals surface area (Å²) in [4.78, 5) is 0. The summed E-state index contributed by atoms with van der Waals surface area (Å²) in [6.07, 6.45) is 2.09. The number of rotatable bonds is 3. The van der Waals surface area contributed by atoms with Gasteiger partial charge in [0.1, 0.15) is 5.75 Å². The Morgan fingerprint density at radius 2 is 2.25 bits per heavy atom. The summed E-state index contributed by atoms with van der Waals surface area (Å²) < 4.78 is 5.73. The van der Waals surface area contributed by atoms with Crippen LogP contribution in [0.1, 0.15) is 38.3 Å². The van der Waals surface area contributed by atoms with Gasteiger partial charge < -0.3 is 10.5 Å². The van der Waals surface area contributed by atoms with Crippen LogP contribution in [-0.4, -0.2) is 6.61 Å². The van der Waals surface area contributed by atoms with Crippen LogP contribution in [0.3, 0.4) is 0 Å². The molecule has 2 nitrogen and oxygen atoms in total. The molecule has 88 valence electrons. The van der Waals surface area contributed by atoms with Gasteiger partial charge in [0.05, 0.1) is 6.61 Å². The van der Waals surface area contributed by atoms with Crippen molar-refractivity contribution in [3.63, 3.8) is 0 Å². The predicted octanol–water partition coefficient (Wildman–Crippen LogP) is 2.84. The molecule has 0 amide bonds. The van der Waals surface area contributed by atoms with E-state index in [1.54, 1.807) is 0 Å². The minimum absolute atomic E-state index is 0.301. The third-order valence-corrected chi connectivity index (χ3v) is 3.93. The lowest BCUT2D eigenvalue weighted by Crippen LogP contribution is -2.39. The van der Waals surface area contributed by atoms with E-state index in [-0.39, 0.29) is 5.54 Å². The largest absolute Gasteiger partial charge is 0.493 e. The lowest BCUT2D eigenvalue weighted by molar-refractivity contribution is 0.292. The molecule has 2 unspecified atom stereocenters. The van der Waals surface area contributed by atoms with Crippen LogP contribution >= 0.6 is 0 Å². The van der Waals surface area contributed by atoms with Crippen LogP contribution in [0, 0.1) is 5.92 Å². The van der Waals surface area contributed by atoms with Gasteiger partial charge in [-0.15, -0.1) is 0 Å². The molecule has 1 heterocycles. The lowest BCUT2D eigenvalue weighted by Gasteiger charge is -2.32. The summed E-state index contributed by atoms with van der Waals surface area (Å²) in [6.45, 7) is 7.29. The van der Waals surface area contributed by atoms with Crippen molar-refractivity contribution in [3.8, 4) is 5.75 Å². The normalized spacial score (nSPS) is 19.8. The van der Waals surface area contributed by atoms with Gasteiger partial charge in [0.25, 0.3) is 0 Å². The first-order chi connectivity index (χ1) is 7.57. The standard InChI is InChI=1S/C14H21NO/c1-4-10(2)14(3,15)12-7-5-6-11-8-9-16-13(11)12/h5-7,10H,4,8-9,15H2,1-3H3. The molecule has 0 saturated heterocycles. The Hall–Kier alpha value is -1.02. The molecule has 0 bridgehead atoms. The second-order valence-corrected chi connectivity index (χ2v) is 4.98. The highest BCUT2D eigenvalue weighted by molar-refractivity contribution is 5.47. The zero-order valence-electron chi connectivity index (χ0n) is 10.4.